The lowest BCUT2D eigenvalue weighted by molar-refractivity contribution is 0.0640. The average Bonchev–Trinajstić information content (AvgIpc) is 3.20. The van der Waals surface area contributed by atoms with E-state index in [2.05, 4.69) is 19.0 Å². The molecule has 144 valence electrons. The number of thiazole rings is 1. The van der Waals surface area contributed by atoms with Crippen molar-refractivity contribution in [2.45, 2.75) is 18.9 Å². The number of likely N-dealkylation sites (N-methyl/N-ethyl adjacent to an activating group) is 1. The Morgan fingerprint density at radius 1 is 1.04 bits per heavy atom. The zero-order valence-corrected chi connectivity index (χ0v) is 17.2. The molecule has 0 aliphatic carbocycles. The molecule has 3 aromatic rings. The van der Waals surface area contributed by atoms with Crippen LogP contribution in [0.3, 0.4) is 0 Å². The van der Waals surface area contributed by atoms with E-state index in [1.54, 1.807) is 0 Å². The van der Waals surface area contributed by atoms with E-state index in [0.29, 0.717) is 6.04 Å². The minimum Gasteiger partial charge on any atom is -0.336 e. The van der Waals surface area contributed by atoms with Gasteiger partial charge in [0, 0.05) is 30.3 Å². The van der Waals surface area contributed by atoms with Crippen LogP contribution in [-0.2, 0) is 0 Å². The molecule has 1 amide bonds. The molecule has 0 bridgehead atoms. The van der Waals surface area contributed by atoms with Gasteiger partial charge < -0.3 is 9.80 Å². The van der Waals surface area contributed by atoms with Gasteiger partial charge in [-0.15, -0.1) is 11.3 Å². The second-order valence-electron chi connectivity index (χ2n) is 7.44. The minimum absolute atomic E-state index is 0.102. The molecule has 0 spiro atoms. The van der Waals surface area contributed by atoms with Gasteiger partial charge in [0.25, 0.3) is 5.91 Å². The van der Waals surface area contributed by atoms with Crippen LogP contribution in [0.2, 0.25) is 0 Å². The highest BCUT2D eigenvalue weighted by Crippen LogP contribution is 2.35. The summed E-state index contributed by atoms with van der Waals surface area (Å²) in [4.78, 5) is 23.3. The Bertz CT molecular complexity index is 937. The van der Waals surface area contributed by atoms with Gasteiger partial charge in [0.15, 0.2) is 0 Å². The quantitative estimate of drug-likeness (QED) is 0.650. The number of benzene rings is 2. The number of hydrogen-bond donors (Lipinski definition) is 0. The highest BCUT2D eigenvalue weighted by molar-refractivity contribution is 7.17. The van der Waals surface area contributed by atoms with Crippen molar-refractivity contribution in [2.75, 3.05) is 27.2 Å². The number of rotatable bonds is 4. The number of likely N-dealkylation sites (tertiary alicyclic amines) is 1. The van der Waals surface area contributed by atoms with Crippen LogP contribution in [0.15, 0.2) is 60.7 Å². The van der Waals surface area contributed by atoms with Crippen molar-refractivity contribution in [3.63, 3.8) is 0 Å². The van der Waals surface area contributed by atoms with Gasteiger partial charge in [0.2, 0.25) is 0 Å². The van der Waals surface area contributed by atoms with Crippen LogP contribution in [0.25, 0.3) is 21.8 Å². The van der Waals surface area contributed by atoms with Gasteiger partial charge in [-0.3, -0.25) is 4.79 Å². The van der Waals surface area contributed by atoms with Gasteiger partial charge in [0.05, 0.1) is 5.69 Å². The molecule has 0 radical (unpaired) electrons. The first kappa shape index (κ1) is 18.8. The summed E-state index contributed by atoms with van der Waals surface area (Å²) in [5.74, 6) is 0.102. The zero-order chi connectivity index (χ0) is 19.5. The third kappa shape index (κ3) is 3.86. The Morgan fingerprint density at radius 2 is 1.68 bits per heavy atom. The van der Waals surface area contributed by atoms with Crippen LogP contribution in [0, 0.1) is 0 Å². The molecular weight excluding hydrogens is 366 g/mol. The van der Waals surface area contributed by atoms with Crippen molar-refractivity contribution in [1.82, 2.24) is 14.8 Å². The van der Waals surface area contributed by atoms with E-state index in [1.165, 1.54) is 11.3 Å². The molecule has 4 nitrogen and oxygen atoms in total. The van der Waals surface area contributed by atoms with Crippen LogP contribution in [0.4, 0.5) is 0 Å². The molecule has 0 N–H and O–H groups in total. The molecule has 2 aromatic carbocycles. The highest BCUT2D eigenvalue weighted by atomic mass is 32.1. The van der Waals surface area contributed by atoms with Crippen LogP contribution in [0.5, 0.6) is 0 Å². The molecule has 1 atom stereocenters. The fraction of sp³-hybridized carbons (Fsp3) is 0.304. The summed E-state index contributed by atoms with van der Waals surface area (Å²) in [7, 11) is 4.18. The van der Waals surface area contributed by atoms with Gasteiger partial charge in [-0.05, 0) is 26.9 Å². The van der Waals surface area contributed by atoms with E-state index in [0.717, 1.165) is 52.6 Å². The lowest BCUT2D eigenvalue weighted by atomic mass is 10.0. The van der Waals surface area contributed by atoms with E-state index in [4.69, 9.17) is 4.98 Å². The van der Waals surface area contributed by atoms with E-state index in [1.807, 2.05) is 65.6 Å². The maximum Gasteiger partial charge on any atom is 0.266 e. The average molecular weight is 392 g/mol. The second-order valence-corrected chi connectivity index (χ2v) is 8.44. The Hall–Kier alpha value is -2.50. The number of carbonyl (C=O) groups excluding carboxylic acids is 1. The van der Waals surface area contributed by atoms with Crippen molar-refractivity contribution in [1.29, 1.82) is 0 Å². The van der Waals surface area contributed by atoms with Crippen molar-refractivity contribution >= 4 is 17.2 Å². The molecule has 1 unspecified atom stereocenters. The second kappa shape index (κ2) is 8.25. The van der Waals surface area contributed by atoms with Crippen molar-refractivity contribution in [2.24, 2.45) is 0 Å². The summed E-state index contributed by atoms with van der Waals surface area (Å²) in [5.41, 5.74) is 2.83. The minimum atomic E-state index is 0.102. The molecule has 1 aliphatic rings. The largest absolute Gasteiger partial charge is 0.336 e. The molecule has 4 rings (SSSR count). The van der Waals surface area contributed by atoms with Crippen molar-refractivity contribution < 1.29 is 4.79 Å². The number of piperidine rings is 1. The molecular formula is C23H25N3OS. The van der Waals surface area contributed by atoms with E-state index >= 15 is 0 Å². The normalized spacial score (nSPS) is 17.1. The lowest BCUT2D eigenvalue weighted by Crippen LogP contribution is -2.47. The summed E-state index contributed by atoms with van der Waals surface area (Å²) >= 11 is 1.50. The first-order valence-corrected chi connectivity index (χ1v) is 10.5. The smallest absolute Gasteiger partial charge is 0.266 e. The van der Waals surface area contributed by atoms with Gasteiger partial charge in [0.1, 0.15) is 9.88 Å². The monoisotopic (exact) mass is 391 g/mol. The Morgan fingerprint density at radius 3 is 2.32 bits per heavy atom. The summed E-state index contributed by atoms with van der Waals surface area (Å²) in [5, 5.41) is 0.893. The standard InChI is InChI=1S/C23H25N3OS/c1-25(2)19-14-9-15-26(16-19)23(27)21-20(17-10-5-3-6-11-17)24-22(28-21)18-12-7-4-8-13-18/h3-8,10-13,19H,9,14-16H2,1-2H3. The lowest BCUT2D eigenvalue weighted by Gasteiger charge is -2.36. The third-order valence-electron chi connectivity index (χ3n) is 5.30. The van der Waals surface area contributed by atoms with Crippen LogP contribution in [-0.4, -0.2) is 53.9 Å². The van der Waals surface area contributed by atoms with Crippen LogP contribution in [0.1, 0.15) is 22.5 Å². The highest BCUT2D eigenvalue weighted by Gasteiger charge is 2.29. The number of aromatic nitrogens is 1. The SMILES string of the molecule is CN(C)C1CCCN(C(=O)c2sc(-c3ccccc3)nc2-c2ccccc2)C1. The maximum atomic E-state index is 13.5. The fourth-order valence-corrected chi connectivity index (χ4v) is 4.73. The predicted molar refractivity (Wildman–Crippen MR) is 116 cm³/mol. The number of carbonyl (C=O) groups is 1. The molecule has 28 heavy (non-hydrogen) atoms. The molecule has 1 saturated heterocycles. The van der Waals surface area contributed by atoms with E-state index in [-0.39, 0.29) is 5.91 Å². The van der Waals surface area contributed by atoms with Crippen LogP contribution >= 0.6 is 11.3 Å². The van der Waals surface area contributed by atoms with E-state index < -0.39 is 0 Å². The van der Waals surface area contributed by atoms with Crippen LogP contribution < -0.4 is 0 Å². The molecule has 5 heteroatoms. The van der Waals surface area contributed by atoms with E-state index in [9.17, 15) is 4.79 Å². The summed E-state index contributed by atoms with van der Waals surface area (Å²) in [6, 6.07) is 20.5. The predicted octanol–water partition coefficient (Wildman–Crippen LogP) is 4.64. The van der Waals surface area contributed by atoms with Gasteiger partial charge in [-0.1, -0.05) is 60.7 Å². The zero-order valence-electron chi connectivity index (χ0n) is 16.3. The molecule has 1 aliphatic heterocycles. The number of nitrogens with zero attached hydrogens (tertiary/aromatic N) is 3. The third-order valence-corrected chi connectivity index (χ3v) is 6.40. The Balaban J connectivity index is 1.72. The number of amides is 1. The van der Waals surface area contributed by atoms with Gasteiger partial charge >= 0.3 is 0 Å². The molecule has 1 aromatic heterocycles. The van der Waals surface area contributed by atoms with Gasteiger partial charge in [-0.25, -0.2) is 4.98 Å². The maximum absolute atomic E-state index is 13.5. The molecule has 0 saturated carbocycles. The van der Waals surface area contributed by atoms with Gasteiger partial charge in [-0.2, -0.15) is 0 Å². The van der Waals surface area contributed by atoms with Crippen molar-refractivity contribution in [3.05, 3.63) is 65.5 Å². The number of hydrogen-bond acceptors (Lipinski definition) is 4. The van der Waals surface area contributed by atoms with Crippen molar-refractivity contribution in [3.8, 4) is 21.8 Å². The fourth-order valence-electron chi connectivity index (χ4n) is 3.67. The summed E-state index contributed by atoms with van der Waals surface area (Å²) < 4.78 is 0. The first-order chi connectivity index (χ1) is 13.6. The Labute approximate surface area is 170 Å². The first-order valence-electron chi connectivity index (χ1n) is 9.71. The summed E-state index contributed by atoms with van der Waals surface area (Å²) in [6.45, 7) is 1.59. The topological polar surface area (TPSA) is 36.4 Å². The Kier molecular flexibility index (Phi) is 5.55. The molecule has 2 heterocycles. The molecule has 1 fully saturated rings. The summed E-state index contributed by atoms with van der Waals surface area (Å²) in [6.07, 6.45) is 2.18.